The minimum absolute atomic E-state index is 0.603. The van der Waals surface area contributed by atoms with Crippen molar-refractivity contribution >= 4 is 0 Å². The molecule has 0 amide bonds. The zero-order valence-corrected chi connectivity index (χ0v) is 10.4. The summed E-state index contributed by atoms with van der Waals surface area (Å²) in [7, 11) is 1.95. The van der Waals surface area contributed by atoms with Gasteiger partial charge in [0, 0.05) is 13.5 Å². The molecule has 2 aromatic rings. The second kappa shape index (κ2) is 5.09. The summed E-state index contributed by atoms with van der Waals surface area (Å²) in [6, 6.07) is 0. The third-order valence-electron chi connectivity index (χ3n) is 2.69. The Labute approximate surface area is 100 Å². The Balaban J connectivity index is 1.85. The first-order chi connectivity index (χ1) is 8.20. The van der Waals surface area contributed by atoms with Crippen LogP contribution in [0.3, 0.4) is 0 Å². The number of nitrogens with zero attached hydrogens (tertiary/aromatic N) is 4. The van der Waals surface area contributed by atoms with Gasteiger partial charge in [-0.25, -0.2) is 4.98 Å². The van der Waals surface area contributed by atoms with Gasteiger partial charge in [0.25, 0.3) is 0 Å². The van der Waals surface area contributed by atoms with E-state index in [4.69, 9.17) is 4.42 Å². The van der Waals surface area contributed by atoms with Crippen molar-refractivity contribution in [1.82, 2.24) is 25.1 Å². The quantitative estimate of drug-likeness (QED) is 0.836. The number of aryl methyl sites for hydroxylation is 2. The normalized spacial score (nSPS) is 11.0. The first kappa shape index (κ1) is 11.8. The molecule has 0 aromatic carbocycles. The van der Waals surface area contributed by atoms with Crippen LogP contribution in [-0.4, -0.2) is 19.7 Å². The van der Waals surface area contributed by atoms with E-state index in [2.05, 4.69) is 20.5 Å². The molecular formula is C11H17N5O. The van der Waals surface area contributed by atoms with Gasteiger partial charge < -0.3 is 14.3 Å². The number of nitrogens with one attached hydrogen (secondary N) is 1. The molecule has 0 unspecified atom stereocenters. The molecule has 0 aliphatic carbocycles. The standard InChI is InChI=1S/C11H17N5O/c1-4-9-5-13-11(17-9)7-12-6-10-15-14-8(2)16(10)3/h5,12H,4,6-7H2,1-3H3. The summed E-state index contributed by atoms with van der Waals surface area (Å²) in [5.74, 6) is 3.44. The van der Waals surface area contributed by atoms with E-state index in [1.807, 2.05) is 25.5 Å². The van der Waals surface area contributed by atoms with Crippen LogP contribution in [-0.2, 0) is 26.6 Å². The third-order valence-corrected chi connectivity index (χ3v) is 2.69. The highest BCUT2D eigenvalue weighted by Crippen LogP contribution is 2.04. The second-order valence-electron chi connectivity index (χ2n) is 3.90. The molecule has 0 atom stereocenters. The molecule has 0 spiro atoms. The lowest BCUT2D eigenvalue weighted by Crippen LogP contribution is -2.16. The Morgan fingerprint density at radius 1 is 1.35 bits per heavy atom. The number of oxazole rings is 1. The maximum Gasteiger partial charge on any atom is 0.208 e. The summed E-state index contributed by atoms with van der Waals surface area (Å²) in [6.07, 6.45) is 2.64. The molecule has 17 heavy (non-hydrogen) atoms. The maximum absolute atomic E-state index is 5.49. The Bertz CT molecular complexity index is 488. The van der Waals surface area contributed by atoms with E-state index in [9.17, 15) is 0 Å². The number of rotatable bonds is 5. The molecule has 2 aromatic heterocycles. The highest BCUT2D eigenvalue weighted by Gasteiger charge is 2.05. The van der Waals surface area contributed by atoms with Crippen LogP contribution in [0.25, 0.3) is 0 Å². The zero-order valence-electron chi connectivity index (χ0n) is 10.4. The van der Waals surface area contributed by atoms with Crippen molar-refractivity contribution in [2.45, 2.75) is 33.4 Å². The van der Waals surface area contributed by atoms with E-state index in [-0.39, 0.29) is 0 Å². The van der Waals surface area contributed by atoms with E-state index < -0.39 is 0 Å². The Hall–Kier alpha value is -1.69. The lowest BCUT2D eigenvalue weighted by atomic mass is 10.4. The van der Waals surface area contributed by atoms with E-state index in [1.165, 1.54) is 0 Å². The van der Waals surface area contributed by atoms with Crippen molar-refractivity contribution in [3.63, 3.8) is 0 Å². The van der Waals surface area contributed by atoms with Gasteiger partial charge in [-0.15, -0.1) is 10.2 Å². The molecular weight excluding hydrogens is 218 g/mol. The summed E-state index contributed by atoms with van der Waals surface area (Å²) in [5.41, 5.74) is 0. The van der Waals surface area contributed by atoms with Crippen LogP contribution in [0, 0.1) is 6.92 Å². The molecule has 2 rings (SSSR count). The van der Waals surface area contributed by atoms with Crippen LogP contribution in [0.2, 0.25) is 0 Å². The Kier molecular flexibility index (Phi) is 3.53. The van der Waals surface area contributed by atoms with Gasteiger partial charge >= 0.3 is 0 Å². The van der Waals surface area contributed by atoms with Crippen molar-refractivity contribution in [3.8, 4) is 0 Å². The zero-order chi connectivity index (χ0) is 12.3. The summed E-state index contributed by atoms with van der Waals surface area (Å²) < 4.78 is 7.45. The summed E-state index contributed by atoms with van der Waals surface area (Å²) >= 11 is 0. The van der Waals surface area contributed by atoms with Gasteiger partial charge in [0.1, 0.15) is 17.4 Å². The predicted molar refractivity (Wildman–Crippen MR) is 62.2 cm³/mol. The summed E-state index contributed by atoms with van der Waals surface area (Å²) in [6.45, 7) is 5.23. The van der Waals surface area contributed by atoms with Gasteiger partial charge in [0.05, 0.1) is 19.3 Å². The van der Waals surface area contributed by atoms with Crippen molar-refractivity contribution in [3.05, 3.63) is 29.5 Å². The minimum atomic E-state index is 0.603. The predicted octanol–water partition coefficient (Wildman–Crippen LogP) is 0.964. The molecule has 6 nitrogen and oxygen atoms in total. The van der Waals surface area contributed by atoms with Gasteiger partial charge in [0.15, 0.2) is 0 Å². The van der Waals surface area contributed by atoms with Crippen molar-refractivity contribution in [2.24, 2.45) is 7.05 Å². The molecule has 0 saturated carbocycles. The number of hydrogen-bond donors (Lipinski definition) is 1. The number of hydrogen-bond acceptors (Lipinski definition) is 5. The summed E-state index contributed by atoms with van der Waals surface area (Å²) in [4.78, 5) is 4.17. The topological polar surface area (TPSA) is 68.8 Å². The lowest BCUT2D eigenvalue weighted by molar-refractivity contribution is 0.436. The fraction of sp³-hybridized carbons (Fsp3) is 0.545. The van der Waals surface area contributed by atoms with Gasteiger partial charge in [-0.05, 0) is 6.92 Å². The molecule has 0 fully saturated rings. The monoisotopic (exact) mass is 235 g/mol. The van der Waals surface area contributed by atoms with Crippen LogP contribution in [0.15, 0.2) is 10.6 Å². The maximum atomic E-state index is 5.49. The molecule has 6 heteroatoms. The first-order valence-corrected chi connectivity index (χ1v) is 5.70. The van der Waals surface area contributed by atoms with E-state index in [0.717, 1.165) is 23.8 Å². The Morgan fingerprint density at radius 3 is 2.76 bits per heavy atom. The van der Waals surface area contributed by atoms with Crippen molar-refractivity contribution < 1.29 is 4.42 Å². The first-order valence-electron chi connectivity index (χ1n) is 5.70. The average molecular weight is 235 g/mol. The van der Waals surface area contributed by atoms with Gasteiger partial charge in [-0.3, -0.25) is 0 Å². The van der Waals surface area contributed by atoms with E-state index in [0.29, 0.717) is 19.0 Å². The minimum Gasteiger partial charge on any atom is -0.444 e. The van der Waals surface area contributed by atoms with Crippen LogP contribution in [0.5, 0.6) is 0 Å². The van der Waals surface area contributed by atoms with Crippen LogP contribution >= 0.6 is 0 Å². The van der Waals surface area contributed by atoms with Crippen LogP contribution < -0.4 is 5.32 Å². The SMILES string of the molecule is CCc1cnc(CNCc2nnc(C)n2C)o1. The average Bonchev–Trinajstić information content (AvgIpc) is 2.90. The fourth-order valence-electron chi connectivity index (χ4n) is 1.48. The summed E-state index contributed by atoms with van der Waals surface area (Å²) in [5, 5.41) is 11.3. The molecule has 2 heterocycles. The molecule has 0 aliphatic rings. The van der Waals surface area contributed by atoms with Gasteiger partial charge in [-0.1, -0.05) is 6.92 Å². The van der Waals surface area contributed by atoms with Crippen LogP contribution in [0.1, 0.15) is 30.2 Å². The Morgan fingerprint density at radius 2 is 2.18 bits per heavy atom. The fourth-order valence-corrected chi connectivity index (χ4v) is 1.48. The van der Waals surface area contributed by atoms with E-state index in [1.54, 1.807) is 6.20 Å². The van der Waals surface area contributed by atoms with Crippen molar-refractivity contribution in [1.29, 1.82) is 0 Å². The molecule has 0 aliphatic heterocycles. The number of aromatic nitrogens is 4. The highest BCUT2D eigenvalue weighted by molar-refractivity contribution is 4.95. The molecule has 0 bridgehead atoms. The third kappa shape index (κ3) is 2.71. The second-order valence-corrected chi connectivity index (χ2v) is 3.90. The van der Waals surface area contributed by atoms with Gasteiger partial charge in [0.2, 0.25) is 5.89 Å². The molecule has 1 N–H and O–H groups in total. The molecule has 92 valence electrons. The lowest BCUT2D eigenvalue weighted by Gasteiger charge is -2.02. The van der Waals surface area contributed by atoms with Gasteiger partial charge in [-0.2, -0.15) is 0 Å². The largest absolute Gasteiger partial charge is 0.444 e. The highest BCUT2D eigenvalue weighted by atomic mass is 16.4. The molecule has 0 radical (unpaired) electrons. The molecule has 0 saturated heterocycles. The smallest absolute Gasteiger partial charge is 0.208 e. The van der Waals surface area contributed by atoms with Crippen molar-refractivity contribution in [2.75, 3.05) is 0 Å². The van der Waals surface area contributed by atoms with E-state index >= 15 is 0 Å². The van der Waals surface area contributed by atoms with Crippen LogP contribution in [0.4, 0.5) is 0 Å².